The molecule has 1 atom stereocenters. The Morgan fingerprint density at radius 3 is 2.10 bits per heavy atom. The van der Waals surface area contributed by atoms with Crippen molar-refractivity contribution in [3.63, 3.8) is 0 Å². The van der Waals surface area contributed by atoms with Gasteiger partial charge in [-0.15, -0.1) is 0 Å². The first kappa shape index (κ1) is 27.4. The number of hydrogen-bond donors (Lipinski definition) is 1. The number of anilines is 2. The van der Waals surface area contributed by atoms with E-state index in [-0.39, 0.29) is 23.6 Å². The Morgan fingerprint density at radius 1 is 0.850 bits per heavy atom. The molecule has 40 heavy (non-hydrogen) atoms. The van der Waals surface area contributed by atoms with E-state index in [1.807, 2.05) is 86.6 Å². The summed E-state index contributed by atoms with van der Waals surface area (Å²) in [7, 11) is 0. The summed E-state index contributed by atoms with van der Waals surface area (Å²) in [6, 6.07) is 27.9. The quantitative estimate of drug-likeness (QED) is 0.310. The van der Waals surface area contributed by atoms with Gasteiger partial charge in [-0.2, -0.15) is 5.10 Å². The van der Waals surface area contributed by atoms with E-state index in [0.717, 1.165) is 68.2 Å². The fourth-order valence-corrected chi connectivity index (χ4v) is 5.31. The lowest BCUT2D eigenvalue weighted by atomic mass is 9.93. The van der Waals surface area contributed by atoms with Gasteiger partial charge in [0.15, 0.2) is 0 Å². The third-order valence-electron chi connectivity index (χ3n) is 7.57. The van der Waals surface area contributed by atoms with Gasteiger partial charge in [0.2, 0.25) is 5.91 Å². The zero-order chi connectivity index (χ0) is 27.9. The zero-order valence-corrected chi connectivity index (χ0v) is 23.3. The minimum Gasteiger partial charge on any atom is -0.369 e. The Hall–Kier alpha value is -4.17. The highest BCUT2D eigenvalue weighted by Gasteiger charge is 2.22. The Bertz CT molecular complexity index is 1420. The van der Waals surface area contributed by atoms with Gasteiger partial charge in [0, 0.05) is 37.6 Å². The topological polar surface area (TPSA) is 75.4 Å². The van der Waals surface area contributed by atoms with Crippen LogP contribution in [0.5, 0.6) is 0 Å². The number of aromatic nitrogens is 3. The first-order valence-corrected chi connectivity index (χ1v) is 14.1. The number of amides is 1. The third-order valence-corrected chi connectivity index (χ3v) is 7.57. The van der Waals surface area contributed by atoms with Crippen molar-refractivity contribution < 1.29 is 4.79 Å². The van der Waals surface area contributed by atoms with E-state index in [0.29, 0.717) is 0 Å². The molecule has 1 aliphatic rings. The van der Waals surface area contributed by atoms with E-state index in [1.54, 1.807) is 10.9 Å². The van der Waals surface area contributed by atoms with Crippen LogP contribution in [0.25, 0.3) is 5.69 Å². The predicted molar refractivity (Wildman–Crippen MR) is 160 cm³/mol. The van der Waals surface area contributed by atoms with E-state index in [4.69, 9.17) is 0 Å². The van der Waals surface area contributed by atoms with Crippen LogP contribution in [0.4, 0.5) is 11.4 Å². The van der Waals surface area contributed by atoms with Crippen molar-refractivity contribution in [1.82, 2.24) is 19.2 Å². The molecule has 5 rings (SSSR count). The number of benzene rings is 3. The molecular weight excluding hydrogens is 500 g/mol. The lowest BCUT2D eigenvalue weighted by Gasteiger charge is -2.36. The molecule has 2 heterocycles. The van der Waals surface area contributed by atoms with E-state index >= 15 is 0 Å². The van der Waals surface area contributed by atoms with Crippen LogP contribution in [-0.4, -0.2) is 57.9 Å². The van der Waals surface area contributed by atoms with Gasteiger partial charge in [-0.25, -0.2) is 14.0 Å². The SMILES string of the molecule is CC(C)n1ncn(-c2ccc(N3CCN(CCCC(C(=O)Nc4ccccc4)c4ccccc4)CC3)cc2)c1=O. The highest BCUT2D eigenvalue weighted by atomic mass is 16.2. The van der Waals surface area contributed by atoms with Crippen LogP contribution in [0.2, 0.25) is 0 Å². The van der Waals surface area contributed by atoms with E-state index in [9.17, 15) is 9.59 Å². The number of piperazine rings is 1. The van der Waals surface area contributed by atoms with Crippen molar-refractivity contribution in [3.8, 4) is 5.69 Å². The van der Waals surface area contributed by atoms with Crippen molar-refractivity contribution in [3.05, 3.63) is 107 Å². The van der Waals surface area contributed by atoms with E-state index in [1.165, 1.54) is 4.68 Å². The molecule has 3 aromatic carbocycles. The molecule has 1 aliphatic heterocycles. The number of para-hydroxylation sites is 1. The van der Waals surface area contributed by atoms with Crippen LogP contribution >= 0.6 is 0 Å². The molecule has 0 bridgehead atoms. The van der Waals surface area contributed by atoms with Crippen molar-refractivity contribution in [2.24, 2.45) is 0 Å². The summed E-state index contributed by atoms with van der Waals surface area (Å²) < 4.78 is 3.08. The summed E-state index contributed by atoms with van der Waals surface area (Å²) in [5, 5.41) is 7.32. The lowest BCUT2D eigenvalue weighted by molar-refractivity contribution is -0.117. The van der Waals surface area contributed by atoms with Gasteiger partial charge in [0.05, 0.1) is 17.6 Å². The fraction of sp³-hybridized carbons (Fsp3) is 0.344. The average Bonchev–Trinajstić information content (AvgIpc) is 3.38. The van der Waals surface area contributed by atoms with Gasteiger partial charge in [0.25, 0.3) is 0 Å². The van der Waals surface area contributed by atoms with Gasteiger partial charge in [-0.05, 0) is 75.2 Å². The molecule has 1 N–H and O–H groups in total. The molecule has 208 valence electrons. The molecule has 8 heteroatoms. The summed E-state index contributed by atoms with van der Waals surface area (Å²) in [5.74, 6) is -0.133. The van der Waals surface area contributed by atoms with Gasteiger partial charge in [-0.1, -0.05) is 48.5 Å². The minimum absolute atomic E-state index is 0.0278. The number of nitrogens with zero attached hydrogens (tertiary/aromatic N) is 5. The molecule has 1 amide bonds. The molecule has 0 aliphatic carbocycles. The Kier molecular flexibility index (Phi) is 8.76. The van der Waals surface area contributed by atoms with Crippen LogP contribution in [0.1, 0.15) is 44.2 Å². The summed E-state index contributed by atoms with van der Waals surface area (Å²) in [4.78, 5) is 30.7. The second-order valence-electron chi connectivity index (χ2n) is 10.6. The van der Waals surface area contributed by atoms with E-state index in [2.05, 4.69) is 32.3 Å². The maximum Gasteiger partial charge on any atom is 0.350 e. The maximum atomic E-state index is 13.2. The molecule has 1 aromatic heterocycles. The first-order chi connectivity index (χ1) is 19.5. The molecule has 8 nitrogen and oxygen atoms in total. The van der Waals surface area contributed by atoms with Gasteiger partial charge in [-0.3, -0.25) is 9.69 Å². The highest BCUT2D eigenvalue weighted by molar-refractivity contribution is 5.95. The molecular formula is C32H38N6O2. The molecule has 1 saturated heterocycles. The number of carbonyl (C=O) groups excluding carboxylic acids is 1. The van der Waals surface area contributed by atoms with Crippen molar-refractivity contribution in [2.45, 2.75) is 38.6 Å². The lowest BCUT2D eigenvalue weighted by Crippen LogP contribution is -2.46. The second kappa shape index (κ2) is 12.8. The highest BCUT2D eigenvalue weighted by Crippen LogP contribution is 2.24. The summed E-state index contributed by atoms with van der Waals surface area (Å²) in [6.45, 7) is 8.72. The molecule has 1 fully saturated rings. The largest absolute Gasteiger partial charge is 0.369 e. The molecule has 0 saturated carbocycles. The predicted octanol–water partition coefficient (Wildman–Crippen LogP) is 4.94. The summed E-state index contributed by atoms with van der Waals surface area (Å²) in [5.41, 5.74) is 3.75. The number of hydrogen-bond acceptors (Lipinski definition) is 5. The first-order valence-electron chi connectivity index (χ1n) is 14.1. The smallest absolute Gasteiger partial charge is 0.350 e. The standard InChI is InChI=1S/C32H38N6O2/c1-25(2)38-32(40)37(24-33-38)29-17-15-28(16-18-29)36-22-20-35(21-23-36)19-9-14-30(26-10-5-3-6-11-26)31(39)34-27-12-7-4-8-13-27/h3-8,10-13,15-18,24-25,30H,9,14,19-23H2,1-2H3,(H,34,39). The van der Waals surface area contributed by atoms with Crippen LogP contribution in [0.3, 0.4) is 0 Å². The Labute approximate surface area is 235 Å². The average molecular weight is 539 g/mol. The Morgan fingerprint density at radius 2 is 1.48 bits per heavy atom. The normalized spacial score (nSPS) is 14.8. The summed E-state index contributed by atoms with van der Waals surface area (Å²) >= 11 is 0. The van der Waals surface area contributed by atoms with Gasteiger partial charge < -0.3 is 10.2 Å². The fourth-order valence-electron chi connectivity index (χ4n) is 5.31. The Balaban J connectivity index is 1.13. The zero-order valence-electron chi connectivity index (χ0n) is 23.3. The minimum atomic E-state index is -0.179. The molecule has 0 radical (unpaired) electrons. The van der Waals surface area contributed by atoms with Crippen LogP contribution in [-0.2, 0) is 4.79 Å². The molecule has 4 aromatic rings. The van der Waals surface area contributed by atoms with Crippen molar-refractivity contribution in [2.75, 3.05) is 42.9 Å². The van der Waals surface area contributed by atoms with Crippen LogP contribution in [0.15, 0.2) is 96.1 Å². The van der Waals surface area contributed by atoms with Crippen molar-refractivity contribution >= 4 is 17.3 Å². The molecule has 0 spiro atoms. The number of nitrogens with one attached hydrogen (secondary N) is 1. The third kappa shape index (κ3) is 6.51. The number of carbonyl (C=O) groups is 1. The summed E-state index contributed by atoms with van der Waals surface area (Å²) in [6.07, 6.45) is 3.34. The van der Waals surface area contributed by atoms with Crippen LogP contribution in [0, 0.1) is 0 Å². The van der Waals surface area contributed by atoms with Crippen LogP contribution < -0.4 is 15.9 Å². The van der Waals surface area contributed by atoms with E-state index < -0.39 is 0 Å². The van der Waals surface area contributed by atoms with Gasteiger partial charge in [0.1, 0.15) is 6.33 Å². The second-order valence-corrected chi connectivity index (χ2v) is 10.6. The monoisotopic (exact) mass is 538 g/mol. The maximum absolute atomic E-state index is 13.2. The van der Waals surface area contributed by atoms with Gasteiger partial charge >= 0.3 is 5.69 Å². The molecule has 1 unspecified atom stereocenters. The van der Waals surface area contributed by atoms with Crippen molar-refractivity contribution in [1.29, 1.82) is 0 Å². The number of rotatable bonds is 10.